The molecule has 222 valence electrons. The van der Waals surface area contributed by atoms with Crippen LogP contribution in [-0.2, 0) is 14.4 Å². The Morgan fingerprint density at radius 1 is 0.900 bits per heavy atom. The van der Waals surface area contributed by atoms with E-state index in [-0.39, 0.29) is 12.2 Å². The molecule has 0 aromatic heterocycles. The van der Waals surface area contributed by atoms with Gasteiger partial charge in [0.1, 0.15) is 0 Å². The molecular weight excluding hydrogens is 578 g/mol. The third-order valence-electron chi connectivity index (χ3n) is 6.05. The lowest BCUT2D eigenvalue weighted by molar-refractivity contribution is -0.344. The van der Waals surface area contributed by atoms with Gasteiger partial charge in [-0.05, 0) is 30.0 Å². The smallest absolute Gasteiger partial charge is 0.266 e. The minimum Gasteiger partial charge on any atom is -0.266 e. The number of carbonyl (C=O) groups excluding carboxylic acids is 2. The number of hydroxylamine groups is 2. The van der Waals surface area contributed by atoms with Crippen LogP contribution in [0, 0.1) is 11.8 Å². The third-order valence-corrected chi connectivity index (χ3v) is 7.28. The summed E-state index contributed by atoms with van der Waals surface area (Å²) >= 11 is 0. The van der Waals surface area contributed by atoms with Crippen molar-refractivity contribution in [2.45, 2.75) is 69.0 Å². The summed E-state index contributed by atoms with van der Waals surface area (Å²) in [5.41, 5.74) is -0.628. The van der Waals surface area contributed by atoms with E-state index in [2.05, 4.69) is 16.1 Å². The number of amides is 2. The van der Waals surface area contributed by atoms with E-state index >= 15 is 0 Å². The van der Waals surface area contributed by atoms with Crippen LogP contribution in [0.1, 0.15) is 76.6 Å². The van der Waals surface area contributed by atoms with Crippen molar-refractivity contribution < 1.29 is 61.8 Å². The monoisotopic (exact) mass is 609 g/mol. The van der Waals surface area contributed by atoms with Gasteiger partial charge < -0.3 is 0 Å². The van der Waals surface area contributed by atoms with E-state index in [1.165, 1.54) is 18.2 Å². The summed E-state index contributed by atoms with van der Waals surface area (Å²) in [5, 5.41) is -7.70. The molecule has 0 fully saturated rings. The van der Waals surface area contributed by atoms with Gasteiger partial charge in [0.25, 0.3) is 11.8 Å². The van der Waals surface area contributed by atoms with Crippen LogP contribution in [0.3, 0.4) is 0 Å². The van der Waals surface area contributed by atoms with Crippen LogP contribution < -0.4 is 0 Å². The zero-order valence-corrected chi connectivity index (χ0v) is 21.7. The highest BCUT2D eigenvalue weighted by molar-refractivity contribution is 7.87. The molecule has 0 atom stereocenters. The largest absolute Gasteiger partial charge is 0.440 e. The van der Waals surface area contributed by atoms with E-state index in [1.807, 2.05) is 6.92 Å². The SMILES string of the molecule is CCCCCCC#Cc1ccc2c3c(cccc13)C(=O)N(OS(=O)(=O)C(F)(F)C(F)(F)C(F)(F)C(C)(F)F)C2=O.[3HH].[3H][3H]. The maximum Gasteiger partial charge on any atom is 0.440 e. The number of rotatable bonds is 10. The summed E-state index contributed by atoms with van der Waals surface area (Å²) in [4.78, 5) is 25.8. The number of alkyl halides is 8. The van der Waals surface area contributed by atoms with E-state index in [0.717, 1.165) is 37.8 Å². The number of carbonyl (C=O) groups is 2. The first-order valence-corrected chi connectivity index (χ1v) is 13.1. The van der Waals surface area contributed by atoms with Crippen LogP contribution >= 0.6 is 0 Å². The van der Waals surface area contributed by atoms with Gasteiger partial charge in [-0.1, -0.05) is 50.2 Å². The van der Waals surface area contributed by atoms with Crippen LogP contribution in [-0.4, -0.2) is 48.3 Å². The number of imide groups is 1. The Balaban J connectivity index is 0.00000302. The second-order valence-corrected chi connectivity index (χ2v) is 10.6. The van der Waals surface area contributed by atoms with Crippen molar-refractivity contribution in [1.82, 2.24) is 5.06 Å². The maximum absolute atomic E-state index is 14.3. The second-order valence-electron chi connectivity index (χ2n) is 8.99. The van der Waals surface area contributed by atoms with Gasteiger partial charge in [0.2, 0.25) is 0 Å². The fourth-order valence-corrected chi connectivity index (χ4v) is 4.68. The lowest BCUT2D eigenvalue weighted by Crippen LogP contribution is -2.64. The highest BCUT2D eigenvalue weighted by Crippen LogP contribution is 2.54. The maximum atomic E-state index is 14.3. The molecule has 3 rings (SSSR count). The van der Waals surface area contributed by atoms with E-state index in [9.17, 15) is 53.1 Å². The van der Waals surface area contributed by atoms with Gasteiger partial charge in [0, 0.05) is 28.7 Å². The Morgan fingerprint density at radius 3 is 2.08 bits per heavy atom. The van der Waals surface area contributed by atoms with Crippen molar-refractivity contribution in [3.05, 3.63) is 47.0 Å². The molecule has 2 amide bonds. The van der Waals surface area contributed by atoms with Gasteiger partial charge in [-0.2, -0.15) is 43.5 Å². The first kappa shape index (κ1) is 29.7. The van der Waals surface area contributed by atoms with E-state index < -0.39 is 68.1 Å². The summed E-state index contributed by atoms with van der Waals surface area (Å²) in [6, 6.07) is 6.10. The first-order valence-electron chi connectivity index (χ1n) is 12.7. The average Bonchev–Trinajstić information content (AvgIpc) is 2.92. The van der Waals surface area contributed by atoms with E-state index in [0.29, 0.717) is 12.0 Å². The van der Waals surface area contributed by atoms with Crippen LogP contribution in [0.15, 0.2) is 30.3 Å². The summed E-state index contributed by atoms with van der Waals surface area (Å²) < 4.78 is 147. The number of halogens is 8. The molecule has 1 aliphatic heterocycles. The van der Waals surface area contributed by atoms with Crippen LogP contribution in [0.2, 0.25) is 0 Å². The van der Waals surface area contributed by atoms with Gasteiger partial charge in [-0.25, -0.2) is 0 Å². The zero-order valence-electron chi connectivity index (χ0n) is 22.8. The first-order chi connectivity index (χ1) is 19.3. The summed E-state index contributed by atoms with van der Waals surface area (Å²) in [6.45, 7) is 1.21. The Bertz CT molecular complexity index is 1500. The number of nitrogens with zero attached hydrogens (tertiary/aromatic N) is 1. The molecule has 0 aliphatic carbocycles. The van der Waals surface area contributed by atoms with E-state index in [1.54, 1.807) is 0 Å². The molecule has 0 bridgehead atoms. The molecule has 6 nitrogen and oxygen atoms in total. The van der Waals surface area contributed by atoms with Gasteiger partial charge in [0.15, 0.2) is 0 Å². The van der Waals surface area contributed by atoms with Crippen LogP contribution in [0.25, 0.3) is 10.8 Å². The molecule has 0 saturated heterocycles. The molecule has 2 aromatic carbocycles. The summed E-state index contributed by atoms with van der Waals surface area (Å²) in [6.07, 6.45) is 4.37. The van der Waals surface area contributed by atoms with E-state index in [4.69, 9.17) is 2.97 Å². The molecule has 2 aromatic rings. The molecule has 1 aliphatic rings. The van der Waals surface area contributed by atoms with Gasteiger partial charge >= 0.3 is 33.1 Å². The van der Waals surface area contributed by atoms with Crippen molar-refractivity contribution >= 4 is 32.7 Å². The Morgan fingerprint density at radius 2 is 1.50 bits per heavy atom. The van der Waals surface area contributed by atoms with Crippen LogP contribution in [0.5, 0.6) is 0 Å². The average molecular weight is 610 g/mol. The highest BCUT2D eigenvalue weighted by atomic mass is 32.2. The fourth-order valence-electron chi connectivity index (χ4n) is 3.81. The predicted octanol–water partition coefficient (Wildman–Crippen LogP) is 7.03. The fraction of sp³-hybridized carbons (Fsp3) is 0.440. The molecule has 1 heterocycles. The lowest BCUT2D eigenvalue weighted by Gasteiger charge is -2.35. The Kier molecular flexibility index (Phi) is 7.89. The van der Waals surface area contributed by atoms with Crippen molar-refractivity contribution in [2.75, 3.05) is 0 Å². The number of hydrogen-bond acceptors (Lipinski definition) is 5. The van der Waals surface area contributed by atoms with Crippen molar-refractivity contribution in [3.8, 4) is 11.8 Å². The molecular formula is C25H25F8NO5S. The van der Waals surface area contributed by atoms with Crippen molar-refractivity contribution in [3.63, 3.8) is 0 Å². The number of hydrogen-bond donors (Lipinski definition) is 0. The topological polar surface area (TPSA) is 80.8 Å². The summed E-state index contributed by atoms with van der Waals surface area (Å²) in [7, 11) is -7.36. The van der Waals surface area contributed by atoms with Gasteiger partial charge in [-0.15, -0.1) is 9.35 Å². The predicted molar refractivity (Wildman–Crippen MR) is 130 cm³/mol. The molecule has 0 N–H and O–H groups in total. The molecule has 0 saturated carbocycles. The minimum atomic E-state index is -7.36. The lowest BCUT2D eigenvalue weighted by atomic mass is 9.92. The quantitative estimate of drug-likeness (QED) is 0.125. The molecule has 15 heteroatoms. The summed E-state index contributed by atoms with van der Waals surface area (Å²) in [5.74, 6) is -17.5. The zero-order chi connectivity index (χ0) is 32.3. The molecule has 40 heavy (non-hydrogen) atoms. The van der Waals surface area contributed by atoms with Crippen molar-refractivity contribution in [2.24, 2.45) is 0 Å². The number of benzene rings is 2. The Hall–Kier alpha value is -3.25. The van der Waals surface area contributed by atoms with Gasteiger partial charge in [-0.3, -0.25) is 9.59 Å². The normalized spacial score (nSPS) is 15.1. The highest BCUT2D eigenvalue weighted by Gasteiger charge is 2.84. The standard InChI is InChI=1S/C25H21F8NO5S.2H2/c1-3-4-5-6-7-8-10-15-13-14-18-19-16(15)11-9-12-17(19)20(35)34(21(18)36)39-40(37,38)25(32,33)24(30,31)23(28,29)22(2,26)27;;/h9,11-14H,3-7H2,1-2H3;2*1H/i;1+2T;1+2. The molecule has 0 unspecified atom stereocenters. The molecule has 0 spiro atoms. The number of unbranched alkanes of at least 4 members (excludes halogenated alkanes) is 4. The van der Waals surface area contributed by atoms with Crippen LogP contribution in [0.4, 0.5) is 35.1 Å². The third kappa shape index (κ3) is 5.03. The molecule has 0 radical (unpaired) electrons. The van der Waals surface area contributed by atoms with Gasteiger partial charge in [0.05, 0.1) is 11.1 Å². The minimum absolute atomic E-state index is 0. The second kappa shape index (κ2) is 10.6. The van der Waals surface area contributed by atoms with Crippen molar-refractivity contribution in [1.29, 1.82) is 0 Å². The Labute approximate surface area is 227 Å².